The molecule has 1 aliphatic heterocycles. The first-order valence-corrected chi connectivity index (χ1v) is 8.18. The molecule has 21 heavy (non-hydrogen) atoms. The molecule has 3 aromatic rings. The highest BCUT2D eigenvalue weighted by molar-refractivity contribution is 7.98. The lowest BCUT2D eigenvalue weighted by molar-refractivity contribution is 0.640. The highest BCUT2D eigenvalue weighted by Gasteiger charge is 2.17. The molecule has 1 aliphatic rings. The first-order valence-electron chi connectivity index (χ1n) is 6.61. The molecule has 104 valence electrons. The number of nitrogens with one attached hydrogen (secondary N) is 1. The maximum atomic E-state index is 13.9. The molecule has 0 radical (unpaired) electrons. The number of halogens is 1. The van der Waals surface area contributed by atoms with Gasteiger partial charge in [-0.15, -0.1) is 0 Å². The molecule has 0 spiro atoms. The third-order valence-electron chi connectivity index (χ3n) is 3.72. The Bertz CT molecular complexity index is 918. The topological polar surface area (TPSA) is 28.7 Å². The normalized spacial score (nSPS) is 13.6. The smallest absolute Gasteiger partial charge is 0.139 e. The zero-order chi connectivity index (χ0) is 14.4. The van der Waals surface area contributed by atoms with Crippen molar-refractivity contribution >= 4 is 34.8 Å². The van der Waals surface area contributed by atoms with Crippen molar-refractivity contribution in [1.29, 1.82) is 0 Å². The first-order chi connectivity index (χ1) is 10.2. The fourth-order valence-corrected chi connectivity index (χ4v) is 4.11. The van der Waals surface area contributed by atoms with E-state index in [1.165, 1.54) is 6.07 Å². The number of hydrogen-bond acceptors (Lipinski definition) is 3. The number of H-pyrrole nitrogens is 1. The largest absolute Gasteiger partial charge is 0.342 e. The van der Waals surface area contributed by atoms with Crippen LogP contribution in [0.5, 0.6) is 0 Å². The Morgan fingerprint density at radius 2 is 1.90 bits per heavy atom. The van der Waals surface area contributed by atoms with Gasteiger partial charge in [-0.2, -0.15) is 11.8 Å². The van der Waals surface area contributed by atoms with Crippen molar-refractivity contribution in [3.63, 3.8) is 0 Å². The van der Waals surface area contributed by atoms with E-state index >= 15 is 0 Å². The predicted octanol–water partition coefficient (Wildman–Crippen LogP) is 4.85. The van der Waals surface area contributed by atoms with E-state index in [1.54, 1.807) is 12.1 Å². The lowest BCUT2D eigenvalue weighted by Gasteiger charge is -2.09. The maximum absolute atomic E-state index is 13.9. The Kier molecular flexibility index (Phi) is 3.05. The lowest BCUT2D eigenvalue weighted by Crippen LogP contribution is -1.98. The summed E-state index contributed by atoms with van der Waals surface area (Å²) >= 11 is 7.23. The van der Waals surface area contributed by atoms with E-state index in [-0.39, 0.29) is 5.82 Å². The van der Waals surface area contributed by atoms with Crippen molar-refractivity contribution in [2.24, 2.45) is 0 Å². The van der Waals surface area contributed by atoms with Gasteiger partial charge in [0.25, 0.3) is 0 Å². The Hall–Kier alpha value is -1.72. The number of rotatable bonds is 1. The van der Waals surface area contributed by atoms with Gasteiger partial charge in [-0.05, 0) is 17.5 Å². The Labute approximate surface area is 130 Å². The van der Waals surface area contributed by atoms with Gasteiger partial charge < -0.3 is 4.98 Å². The van der Waals surface area contributed by atoms with E-state index in [0.29, 0.717) is 10.0 Å². The van der Waals surface area contributed by atoms with Crippen LogP contribution >= 0.6 is 24.0 Å². The highest BCUT2D eigenvalue weighted by atomic mass is 32.2. The second kappa shape index (κ2) is 4.93. The van der Waals surface area contributed by atoms with Crippen LogP contribution in [0.15, 0.2) is 36.4 Å². The molecule has 5 heteroatoms. The molecule has 0 fully saturated rings. The summed E-state index contributed by atoms with van der Waals surface area (Å²) in [4.78, 5) is 7.89. The zero-order valence-electron chi connectivity index (χ0n) is 11.0. The van der Waals surface area contributed by atoms with Crippen LogP contribution < -0.4 is 0 Å². The van der Waals surface area contributed by atoms with E-state index < -0.39 is 0 Å². The molecule has 0 aliphatic carbocycles. The molecule has 0 bridgehead atoms. The summed E-state index contributed by atoms with van der Waals surface area (Å²) in [7, 11) is 0. The molecule has 0 amide bonds. The second-order valence-electron chi connectivity index (χ2n) is 4.98. The summed E-state index contributed by atoms with van der Waals surface area (Å²) in [5.74, 6) is 2.34. The molecule has 4 rings (SSSR count). The van der Waals surface area contributed by atoms with Crippen molar-refractivity contribution in [3.05, 3.63) is 58.1 Å². The number of hydrogen-bond donors (Lipinski definition) is 1. The van der Waals surface area contributed by atoms with Crippen LogP contribution in [-0.2, 0) is 11.5 Å². The van der Waals surface area contributed by atoms with E-state index in [4.69, 9.17) is 12.2 Å². The van der Waals surface area contributed by atoms with Gasteiger partial charge >= 0.3 is 0 Å². The minimum Gasteiger partial charge on any atom is -0.342 e. The van der Waals surface area contributed by atoms with Gasteiger partial charge in [0, 0.05) is 33.7 Å². The van der Waals surface area contributed by atoms with Gasteiger partial charge in [-0.3, -0.25) is 0 Å². The second-order valence-corrected chi connectivity index (χ2v) is 6.35. The zero-order valence-corrected chi connectivity index (χ0v) is 12.7. The SMILES string of the molecule is Fc1ccc(-c2nc(=S)c3c([nH]2)CSC3)c2ccccc12. The number of aromatic amines is 1. The minimum atomic E-state index is -0.218. The fourth-order valence-electron chi connectivity index (χ4n) is 2.67. The Balaban J connectivity index is 2.02. The molecule has 1 aromatic heterocycles. The van der Waals surface area contributed by atoms with Gasteiger partial charge in [-0.1, -0.05) is 36.5 Å². The van der Waals surface area contributed by atoms with Crippen molar-refractivity contribution in [2.75, 3.05) is 0 Å². The van der Waals surface area contributed by atoms with Crippen LogP contribution in [0.3, 0.4) is 0 Å². The summed E-state index contributed by atoms with van der Waals surface area (Å²) in [6.45, 7) is 0. The van der Waals surface area contributed by atoms with Gasteiger partial charge in [0.2, 0.25) is 0 Å². The molecule has 0 unspecified atom stereocenters. The number of fused-ring (bicyclic) bond motifs is 2. The minimum absolute atomic E-state index is 0.218. The summed E-state index contributed by atoms with van der Waals surface area (Å²) in [6, 6.07) is 10.7. The molecule has 2 heterocycles. The van der Waals surface area contributed by atoms with Crippen molar-refractivity contribution < 1.29 is 4.39 Å². The summed E-state index contributed by atoms with van der Waals surface area (Å²) in [5, 5.41) is 1.45. The molecule has 0 saturated heterocycles. The average Bonchev–Trinajstić information content (AvgIpc) is 2.97. The van der Waals surface area contributed by atoms with Crippen LogP contribution in [0.25, 0.3) is 22.2 Å². The lowest BCUT2D eigenvalue weighted by atomic mass is 10.0. The van der Waals surface area contributed by atoms with Crippen molar-refractivity contribution in [2.45, 2.75) is 11.5 Å². The molecular formula is C16H11FN2S2. The quantitative estimate of drug-likeness (QED) is 0.651. The maximum Gasteiger partial charge on any atom is 0.139 e. The number of nitrogens with zero attached hydrogens (tertiary/aromatic N) is 1. The van der Waals surface area contributed by atoms with Gasteiger partial charge in [-0.25, -0.2) is 9.37 Å². The highest BCUT2D eigenvalue weighted by Crippen LogP contribution is 2.33. The number of aromatic nitrogens is 2. The summed E-state index contributed by atoms with van der Waals surface area (Å²) in [6.07, 6.45) is 0. The summed E-state index contributed by atoms with van der Waals surface area (Å²) < 4.78 is 14.6. The van der Waals surface area contributed by atoms with Crippen LogP contribution in [0, 0.1) is 10.5 Å². The Morgan fingerprint density at radius 1 is 1.10 bits per heavy atom. The summed E-state index contributed by atoms with van der Waals surface area (Å²) in [5.41, 5.74) is 3.16. The molecule has 2 nitrogen and oxygen atoms in total. The molecule has 0 atom stereocenters. The van der Waals surface area contributed by atoms with Crippen molar-refractivity contribution in [1.82, 2.24) is 9.97 Å². The molecule has 0 saturated carbocycles. The molecule has 2 aromatic carbocycles. The van der Waals surface area contributed by atoms with E-state index in [2.05, 4.69) is 9.97 Å². The van der Waals surface area contributed by atoms with Gasteiger partial charge in [0.1, 0.15) is 16.3 Å². The third-order valence-corrected chi connectivity index (χ3v) is 5.05. The van der Waals surface area contributed by atoms with Crippen molar-refractivity contribution in [3.8, 4) is 11.4 Å². The third kappa shape index (κ3) is 2.08. The molecule has 1 N–H and O–H groups in total. The average molecular weight is 314 g/mol. The standard InChI is InChI=1S/C16H11FN2S2/c17-13-6-5-11(9-3-1-2-4-10(9)13)15-18-14-8-21-7-12(14)16(20)19-15/h1-6H,7-8H2,(H,18,19,20). The molecular weight excluding hydrogens is 303 g/mol. The van der Waals surface area contributed by atoms with Crippen LogP contribution in [0.1, 0.15) is 11.3 Å². The number of thioether (sulfide) groups is 1. The monoisotopic (exact) mass is 314 g/mol. The first kappa shape index (κ1) is 13.0. The number of benzene rings is 2. The fraction of sp³-hybridized carbons (Fsp3) is 0.125. The van der Waals surface area contributed by atoms with Crippen LogP contribution in [0.4, 0.5) is 4.39 Å². The van der Waals surface area contributed by atoms with Gasteiger partial charge in [0.15, 0.2) is 0 Å². The van der Waals surface area contributed by atoms with Crippen LogP contribution in [0.2, 0.25) is 0 Å². The van der Waals surface area contributed by atoms with Crippen LogP contribution in [-0.4, -0.2) is 9.97 Å². The van der Waals surface area contributed by atoms with E-state index in [1.807, 2.05) is 30.0 Å². The predicted molar refractivity (Wildman–Crippen MR) is 87.3 cm³/mol. The van der Waals surface area contributed by atoms with E-state index in [9.17, 15) is 4.39 Å². The van der Waals surface area contributed by atoms with E-state index in [0.717, 1.165) is 39.5 Å². The Morgan fingerprint density at radius 3 is 2.76 bits per heavy atom. The van der Waals surface area contributed by atoms with Gasteiger partial charge in [0.05, 0.1) is 0 Å².